The predicted octanol–water partition coefficient (Wildman–Crippen LogP) is 2.57. The number of pyridine rings is 1. The predicted molar refractivity (Wildman–Crippen MR) is 107 cm³/mol. The zero-order chi connectivity index (χ0) is 22.6. The van der Waals surface area contributed by atoms with Crippen LogP contribution in [0.25, 0.3) is 0 Å². The van der Waals surface area contributed by atoms with Crippen molar-refractivity contribution >= 4 is 21.8 Å². The minimum atomic E-state index is -4.91. The summed E-state index contributed by atoms with van der Waals surface area (Å²) in [5.74, 6) is -1.35. The molecule has 3 aromatic rings. The first-order valence-electron chi connectivity index (χ1n) is 8.69. The second-order valence-corrected chi connectivity index (χ2v) is 7.13. The van der Waals surface area contributed by atoms with E-state index in [1.54, 1.807) is 18.2 Å². The van der Waals surface area contributed by atoms with Gasteiger partial charge in [-0.3, -0.25) is 19.1 Å². The molecule has 0 saturated heterocycles. The zero-order valence-electron chi connectivity index (χ0n) is 15.6. The molecule has 2 heterocycles. The second-order valence-electron chi connectivity index (χ2n) is 6.22. The van der Waals surface area contributed by atoms with E-state index in [0.717, 1.165) is 16.7 Å². The van der Waals surface area contributed by atoms with E-state index in [1.807, 2.05) is 0 Å². The van der Waals surface area contributed by atoms with E-state index in [-0.39, 0.29) is 24.3 Å². The summed E-state index contributed by atoms with van der Waals surface area (Å²) in [6.07, 6.45) is -3.40. The van der Waals surface area contributed by atoms with Gasteiger partial charge in [-0.25, -0.2) is 4.79 Å². The van der Waals surface area contributed by atoms with Crippen LogP contribution < -0.4 is 21.3 Å². The summed E-state index contributed by atoms with van der Waals surface area (Å²) >= 11 is 3.05. The monoisotopic (exact) mass is 498 g/mol. The smallest absolute Gasteiger partial charge is 0.405 e. The van der Waals surface area contributed by atoms with Gasteiger partial charge in [-0.1, -0.05) is 28.1 Å². The largest absolute Gasteiger partial charge is 0.573 e. The maximum absolute atomic E-state index is 12.6. The van der Waals surface area contributed by atoms with Crippen molar-refractivity contribution in [1.82, 2.24) is 19.9 Å². The number of amides is 1. The summed E-state index contributed by atoms with van der Waals surface area (Å²) in [5, 5.41) is 2.35. The zero-order valence-corrected chi connectivity index (χ0v) is 17.2. The Kier molecular flexibility index (Phi) is 6.59. The number of aromatic nitrogens is 3. The first kappa shape index (κ1) is 22.3. The quantitative estimate of drug-likeness (QED) is 0.543. The van der Waals surface area contributed by atoms with Gasteiger partial charge in [0.2, 0.25) is 0 Å². The summed E-state index contributed by atoms with van der Waals surface area (Å²) < 4.78 is 43.0. The number of hydrogen-bond donors (Lipinski definition) is 2. The van der Waals surface area contributed by atoms with Crippen molar-refractivity contribution in [1.29, 1.82) is 0 Å². The maximum atomic E-state index is 12.6. The molecular weight excluding hydrogens is 485 g/mol. The molecule has 31 heavy (non-hydrogen) atoms. The van der Waals surface area contributed by atoms with Crippen LogP contribution in [0, 0.1) is 0 Å². The first-order valence-corrected chi connectivity index (χ1v) is 9.48. The number of alkyl halides is 3. The van der Waals surface area contributed by atoms with Crippen molar-refractivity contribution in [2.24, 2.45) is 0 Å². The molecule has 0 aliphatic carbocycles. The van der Waals surface area contributed by atoms with Crippen LogP contribution in [0.5, 0.6) is 5.75 Å². The standard InChI is InChI=1S/C19H14BrF3N4O4/c20-12-5-4-11(15(7-12)31-19(21,22)23)9-25-17(29)14-8-16(28)27(18(30)26-14)10-13-3-1-2-6-24-13/h1-8H,9-10H2,(H,25,29)(H,26,30). The van der Waals surface area contributed by atoms with Gasteiger partial charge in [0.25, 0.3) is 11.5 Å². The number of aromatic amines is 1. The Bertz CT molecular complexity index is 1180. The highest BCUT2D eigenvalue weighted by molar-refractivity contribution is 9.10. The molecule has 3 rings (SSSR count). The fourth-order valence-electron chi connectivity index (χ4n) is 2.61. The van der Waals surface area contributed by atoms with Crippen molar-refractivity contribution in [3.63, 3.8) is 0 Å². The molecule has 0 bridgehead atoms. The van der Waals surface area contributed by atoms with Crippen molar-refractivity contribution in [2.75, 3.05) is 0 Å². The van der Waals surface area contributed by atoms with Gasteiger partial charge < -0.3 is 15.0 Å². The van der Waals surface area contributed by atoms with Crippen LogP contribution in [0.2, 0.25) is 0 Å². The SMILES string of the molecule is O=C(NCc1ccc(Br)cc1OC(F)(F)F)c1cc(=O)n(Cc2ccccn2)c(=O)[nH]1. The highest BCUT2D eigenvalue weighted by atomic mass is 79.9. The average Bonchev–Trinajstić information content (AvgIpc) is 2.69. The molecule has 0 atom stereocenters. The Hall–Kier alpha value is -3.41. The summed E-state index contributed by atoms with van der Waals surface area (Å²) in [4.78, 5) is 43.2. The van der Waals surface area contributed by atoms with Gasteiger partial charge in [-0.05, 0) is 24.3 Å². The highest BCUT2D eigenvalue weighted by Gasteiger charge is 2.32. The molecule has 2 aromatic heterocycles. The van der Waals surface area contributed by atoms with E-state index in [1.165, 1.54) is 18.3 Å². The van der Waals surface area contributed by atoms with E-state index in [2.05, 4.69) is 36.0 Å². The Morgan fingerprint density at radius 3 is 2.61 bits per heavy atom. The van der Waals surface area contributed by atoms with Crippen molar-refractivity contribution in [2.45, 2.75) is 19.5 Å². The Balaban J connectivity index is 1.76. The van der Waals surface area contributed by atoms with Gasteiger partial charge in [-0.15, -0.1) is 13.2 Å². The van der Waals surface area contributed by atoms with Gasteiger partial charge in [-0.2, -0.15) is 0 Å². The molecule has 0 aliphatic rings. The van der Waals surface area contributed by atoms with Gasteiger partial charge >= 0.3 is 12.1 Å². The second kappa shape index (κ2) is 9.16. The van der Waals surface area contributed by atoms with Crippen LogP contribution in [0.3, 0.4) is 0 Å². The molecule has 12 heteroatoms. The summed E-state index contributed by atoms with van der Waals surface area (Å²) in [5.41, 5.74) is -1.38. The van der Waals surface area contributed by atoms with Crippen molar-refractivity contribution in [3.05, 3.63) is 90.9 Å². The molecule has 0 radical (unpaired) electrons. The number of nitrogens with zero attached hydrogens (tertiary/aromatic N) is 2. The van der Waals surface area contributed by atoms with Gasteiger partial charge in [0.15, 0.2) is 0 Å². The Morgan fingerprint density at radius 1 is 1.19 bits per heavy atom. The van der Waals surface area contributed by atoms with E-state index in [4.69, 9.17) is 0 Å². The molecule has 0 spiro atoms. The molecule has 0 unspecified atom stereocenters. The maximum Gasteiger partial charge on any atom is 0.573 e. The summed E-state index contributed by atoms with van der Waals surface area (Å²) in [6, 6.07) is 9.85. The number of nitrogens with one attached hydrogen (secondary N) is 2. The normalized spacial score (nSPS) is 11.2. The lowest BCUT2D eigenvalue weighted by atomic mass is 10.2. The lowest BCUT2D eigenvalue weighted by Crippen LogP contribution is -2.38. The molecule has 8 nitrogen and oxygen atoms in total. The van der Waals surface area contributed by atoms with Crippen LogP contribution in [0.15, 0.2) is 62.7 Å². The molecule has 2 N–H and O–H groups in total. The summed E-state index contributed by atoms with van der Waals surface area (Å²) in [7, 11) is 0. The van der Waals surface area contributed by atoms with Crippen LogP contribution in [0.4, 0.5) is 13.2 Å². The fourth-order valence-corrected chi connectivity index (χ4v) is 2.95. The number of halogens is 4. The van der Waals surface area contributed by atoms with Gasteiger partial charge in [0.1, 0.15) is 11.4 Å². The number of carbonyl (C=O) groups is 1. The summed E-state index contributed by atoms with van der Waals surface area (Å²) in [6.45, 7) is -0.426. The van der Waals surface area contributed by atoms with E-state index < -0.39 is 29.3 Å². The molecule has 0 saturated carbocycles. The van der Waals surface area contributed by atoms with E-state index in [0.29, 0.717) is 10.2 Å². The number of ether oxygens (including phenoxy) is 1. The molecule has 1 aromatic carbocycles. The van der Waals surface area contributed by atoms with Crippen molar-refractivity contribution in [3.8, 4) is 5.75 Å². The molecule has 0 fully saturated rings. The molecular formula is C19H14BrF3N4O4. The van der Waals surface area contributed by atoms with Crippen molar-refractivity contribution < 1.29 is 22.7 Å². The van der Waals surface area contributed by atoms with E-state index in [9.17, 15) is 27.6 Å². The Morgan fingerprint density at radius 2 is 1.97 bits per heavy atom. The minimum absolute atomic E-state index is 0.0414. The number of carbonyl (C=O) groups excluding carboxylic acids is 1. The minimum Gasteiger partial charge on any atom is -0.405 e. The highest BCUT2D eigenvalue weighted by Crippen LogP contribution is 2.29. The lowest BCUT2D eigenvalue weighted by Gasteiger charge is -2.14. The molecule has 162 valence electrons. The molecule has 1 amide bonds. The third kappa shape index (κ3) is 6.04. The average molecular weight is 499 g/mol. The van der Waals surface area contributed by atoms with Crippen LogP contribution in [0.1, 0.15) is 21.7 Å². The third-order valence-electron chi connectivity index (χ3n) is 4.01. The topological polar surface area (TPSA) is 106 Å². The third-order valence-corrected chi connectivity index (χ3v) is 4.50. The van der Waals surface area contributed by atoms with Crippen LogP contribution in [-0.2, 0) is 13.1 Å². The van der Waals surface area contributed by atoms with E-state index >= 15 is 0 Å². The first-order chi connectivity index (χ1) is 14.6. The van der Waals surface area contributed by atoms with Gasteiger partial charge in [0, 0.05) is 28.8 Å². The van der Waals surface area contributed by atoms with Crippen LogP contribution in [-0.4, -0.2) is 26.8 Å². The number of rotatable bonds is 6. The molecule has 0 aliphatic heterocycles. The number of benzene rings is 1. The number of H-pyrrole nitrogens is 1. The van der Waals surface area contributed by atoms with Gasteiger partial charge in [0.05, 0.1) is 12.2 Å². The van der Waals surface area contributed by atoms with Crippen LogP contribution >= 0.6 is 15.9 Å². The Labute approximate surface area is 180 Å². The number of hydrogen-bond acceptors (Lipinski definition) is 5. The fraction of sp³-hybridized carbons (Fsp3) is 0.158. The lowest BCUT2D eigenvalue weighted by molar-refractivity contribution is -0.274.